The molecule has 1 fully saturated rings. The highest BCUT2D eigenvalue weighted by Gasteiger charge is 2.30. The Morgan fingerprint density at radius 2 is 2.16 bits per heavy atom. The lowest BCUT2D eigenvalue weighted by Crippen LogP contribution is -2.37. The maximum atomic E-state index is 12.4. The van der Waals surface area contributed by atoms with Crippen LogP contribution in [0.5, 0.6) is 0 Å². The van der Waals surface area contributed by atoms with Crippen molar-refractivity contribution in [1.29, 1.82) is 0 Å². The number of hydrogen-bond acceptors (Lipinski definition) is 5. The summed E-state index contributed by atoms with van der Waals surface area (Å²) in [7, 11) is -2.41. The van der Waals surface area contributed by atoms with Gasteiger partial charge >= 0.3 is 0 Å². The van der Waals surface area contributed by atoms with Crippen LogP contribution < -0.4 is 5.32 Å². The molecule has 0 aliphatic carbocycles. The highest BCUT2D eigenvalue weighted by Crippen LogP contribution is 2.17. The molecule has 1 aliphatic heterocycles. The molecule has 1 atom stereocenters. The highest BCUT2D eigenvalue weighted by atomic mass is 32.2. The molecular formula is C16H23N3O5S. The van der Waals surface area contributed by atoms with Crippen LogP contribution in [-0.2, 0) is 14.8 Å². The van der Waals surface area contributed by atoms with Crippen molar-refractivity contribution in [3.63, 3.8) is 0 Å². The molecule has 0 spiro atoms. The molecule has 0 aromatic heterocycles. The first-order valence-corrected chi connectivity index (χ1v) is 9.49. The van der Waals surface area contributed by atoms with Gasteiger partial charge in [-0.3, -0.25) is 9.59 Å². The number of nitrogens with one attached hydrogen (secondary N) is 1. The van der Waals surface area contributed by atoms with Gasteiger partial charge in [-0.15, -0.1) is 0 Å². The topological polar surface area (TPSA) is 107 Å². The number of hydrogen-bond donors (Lipinski definition) is 2. The first-order chi connectivity index (χ1) is 11.8. The van der Waals surface area contributed by atoms with E-state index in [1.165, 1.54) is 31.3 Å². The molecule has 138 valence electrons. The number of carbonyl (C=O) groups is 2. The molecule has 25 heavy (non-hydrogen) atoms. The van der Waals surface area contributed by atoms with E-state index in [2.05, 4.69) is 5.32 Å². The number of rotatable bonds is 7. The number of aliphatic hydroxyl groups is 1. The molecular weight excluding hydrogens is 346 g/mol. The van der Waals surface area contributed by atoms with Gasteiger partial charge in [-0.25, -0.2) is 8.42 Å². The predicted molar refractivity (Wildman–Crippen MR) is 91.5 cm³/mol. The van der Waals surface area contributed by atoms with E-state index in [-0.39, 0.29) is 42.0 Å². The third kappa shape index (κ3) is 4.36. The average molecular weight is 369 g/mol. The maximum Gasteiger partial charge on any atom is 0.251 e. The molecule has 1 unspecified atom stereocenters. The Hall–Kier alpha value is -1.97. The molecule has 0 bridgehead atoms. The second-order valence-electron chi connectivity index (χ2n) is 5.88. The Morgan fingerprint density at radius 1 is 1.44 bits per heavy atom. The van der Waals surface area contributed by atoms with Crippen LogP contribution in [-0.4, -0.2) is 73.9 Å². The van der Waals surface area contributed by atoms with E-state index in [9.17, 15) is 18.0 Å². The summed E-state index contributed by atoms with van der Waals surface area (Å²) in [5.41, 5.74) is 0.209. The Morgan fingerprint density at radius 3 is 2.76 bits per heavy atom. The highest BCUT2D eigenvalue weighted by molar-refractivity contribution is 7.89. The molecule has 1 aliphatic rings. The first-order valence-electron chi connectivity index (χ1n) is 8.05. The van der Waals surface area contributed by atoms with Gasteiger partial charge in [-0.05, 0) is 25.1 Å². The van der Waals surface area contributed by atoms with Crippen LogP contribution in [0, 0.1) is 0 Å². The Kier molecular flexibility index (Phi) is 6.15. The molecule has 1 aromatic carbocycles. The number of amides is 2. The molecule has 1 aromatic rings. The Bertz CT molecular complexity index is 750. The van der Waals surface area contributed by atoms with Gasteiger partial charge in [0.15, 0.2) is 0 Å². The zero-order chi connectivity index (χ0) is 18.6. The van der Waals surface area contributed by atoms with Crippen molar-refractivity contribution in [2.24, 2.45) is 0 Å². The van der Waals surface area contributed by atoms with Crippen molar-refractivity contribution >= 4 is 21.8 Å². The smallest absolute Gasteiger partial charge is 0.251 e. The van der Waals surface area contributed by atoms with E-state index in [4.69, 9.17) is 5.11 Å². The second-order valence-corrected chi connectivity index (χ2v) is 7.93. The van der Waals surface area contributed by atoms with Gasteiger partial charge in [-0.2, -0.15) is 4.31 Å². The number of likely N-dealkylation sites (tertiary alicyclic amines) is 1. The summed E-state index contributed by atoms with van der Waals surface area (Å²) in [4.78, 5) is 25.8. The maximum absolute atomic E-state index is 12.4. The monoisotopic (exact) mass is 369 g/mol. The molecule has 0 radical (unpaired) electrons. The fourth-order valence-corrected chi connectivity index (χ4v) is 3.89. The van der Waals surface area contributed by atoms with E-state index < -0.39 is 15.9 Å². The summed E-state index contributed by atoms with van der Waals surface area (Å²) >= 11 is 0. The second kappa shape index (κ2) is 7.94. The molecule has 2 rings (SSSR count). The fourth-order valence-electron chi connectivity index (χ4n) is 2.68. The lowest BCUT2D eigenvalue weighted by molar-refractivity contribution is -0.127. The van der Waals surface area contributed by atoms with Crippen molar-refractivity contribution in [3.05, 3.63) is 29.8 Å². The molecule has 1 heterocycles. The third-order valence-corrected chi connectivity index (χ3v) is 6.00. The van der Waals surface area contributed by atoms with Gasteiger partial charge < -0.3 is 15.3 Å². The number of nitrogens with zero attached hydrogens (tertiary/aromatic N) is 2. The largest absolute Gasteiger partial charge is 0.395 e. The van der Waals surface area contributed by atoms with Gasteiger partial charge in [0, 0.05) is 38.7 Å². The molecule has 0 saturated carbocycles. The molecule has 8 nitrogen and oxygen atoms in total. The van der Waals surface area contributed by atoms with Crippen LogP contribution in [0.4, 0.5) is 0 Å². The normalized spacial score (nSPS) is 18.0. The number of likely N-dealkylation sites (N-methyl/N-ethyl adjacent to an activating group) is 2. The first kappa shape index (κ1) is 19.4. The number of benzene rings is 1. The molecule has 2 N–H and O–H groups in total. The number of sulfonamides is 1. The molecule has 2 amide bonds. The van der Waals surface area contributed by atoms with Gasteiger partial charge in [0.05, 0.1) is 17.5 Å². The molecule has 9 heteroatoms. The predicted octanol–water partition coefficient (Wildman–Crippen LogP) is -0.350. The van der Waals surface area contributed by atoms with Crippen LogP contribution in [0.3, 0.4) is 0 Å². The minimum atomic E-state index is -3.77. The van der Waals surface area contributed by atoms with Gasteiger partial charge in [0.25, 0.3) is 5.91 Å². The van der Waals surface area contributed by atoms with Crippen LogP contribution in [0.2, 0.25) is 0 Å². The Labute approximate surface area is 147 Å². The van der Waals surface area contributed by atoms with Gasteiger partial charge in [0.2, 0.25) is 15.9 Å². The lowest BCUT2D eigenvalue weighted by atomic mass is 10.2. The van der Waals surface area contributed by atoms with Crippen LogP contribution in [0.25, 0.3) is 0 Å². The van der Waals surface area contributed by atoms with Crippen LogP contribution in [0.1, 0.15) is 23.7 Å². The Balaban J connectivity index is 2.13. The van der Waals surface area contributed by atoms with Crippen LogP contribution in [0.15, 0.2) is 29.2 Å². The van der Waals surface area contributed by atoms with E-state index >= 15 is 0 Å². The summed E-state index contributed by atoms with van der Waals surface area (Å²) < 4.78 is 25.8. The quantitative estimate of drug-likeness (QED) is 0.683. The van der Waals surface area contributed by atoms with E-state index in [0.29, 0.717) is 13.1 Å². The SMILES string of the molecule is CCN1CC(NC(=O)c2cccc(S(=O)(=O)N(C)CCO)c2)CC1=O. The summed E-state index contributed by atoms with van der Waals surface area (Å²) in [5, 5.41) is 11.7. The van der Waals surface area contributed by atoms with E-state index in [0.717, 1.165) is 4.31 Å². The van der Waals surface area contributed by atoms with Crippen LogP contribution >= 0.6 is 0 Å². The summed E-state index contributed by atoms with van der Waals surface area (Å²) in [6.07, 6.45) is 0.247. The van der Waals surface area contributed by atoms with E-state index in [1.807, 2.05) is 6.92 Å². The fraction of sp³-hybridized carbons (Fsp3) is 0.500. The van der Waals surface area contributed by atoms with Gasteiger partial charge in [0.1, 0.15) is 0 Å². The summed E-state index contributed by atoms with van der Waals surface area (Å²) in [6.45, 7) is 2.60. The van der Waals surface area contributed by atoms with E-state index in [1.54, 1.807) is 4.90 Å². The number of aliphatic hydroxyl groups excluding tert-OH is 1. The van der Waals surface area contributed by atoms with Crippen molar-refractivity contribution in [1.82, 2.24) is 14.5 Å². The zero-order valence-electron chi connectivity index (χ0n) is 14.3. The molecule has 1 saturated heterocycles. The minimum Gasteiger partial charge on any atom is -0.395 e. The minimum absolute atomic E-state index is 0.00485. The zero-order valence-corrected chi connectivity index (χ0v) is 15.1. The summed E-state index contributed by atoms with van der Waals surface area (Å²) in [6, 6.07) is 5.43. The van der Waals surface area contributed by atoms with Crippen molar-refractivity contribution in [2.75, 3.05) is 33.3 Å². The number of carbonyl (C=O) groups excluding carboxylic acids is 2. The third-order valence-electron chi connectivity index (χ3n) is 4.15. The summed E-state index contributed by atoms with van der Waals surface area (Å²) in [5.74, 6) is -0.424. The average Bonchev–Trinajstić information content (AvgIpc) is 2.94. The van der Waals surface area contributed by atoms with Crippen molar-refractivity contribution in [2.45, 2.75) is 24.3 Å². The van der Waals surface area contributed by atoms with Crippen molar-refractivity contribution < 1.29 is 23.1 Å². The standard InChI is InChI=1S/C16H23N3O5S/c1-3-19-11-13(10-15(19)21)17-16(22)12-5-4-6-14(9-12)25(23,24)18(2)7-8-20/h4-6,9,13,20H,3,7-8,10-11H2,1-2H3,(H,17,22). The van der Waals surface area contributed by atoms with Crippen molar-refractivity contribution in [3.8, 4) is 0 Å². The lowest BCUT2D eigenvalue weighted by Gasteiger charge is -2.17. The van der Waals surface area contributed by atoms with Gasteiger partial charge in [-0.1, -0.05) is 6.07 Å².